The van der Waals surface area contributed by atoms with Crippen molar-refractivity contribution in [2.45, 2.75) is 32.4 Å². The number of hydrogen-bond donors (Lipinski definition) is 1. The number of nitrogens with two attached hydrogens (primary N) is 1. The van der Waals surface area contributed by atoms with E-state index in [0.717, 1.165) is 36.7 Å². The molecular formula is C17H29ClN2O3. The molecule has 1 aromatic carbocycles. The highest BCUT2D eigenvalue weighted by molar-refractivity contribution is 5.85. The Morgan fingerprint density at radius 3 is 2.39 bits per heavy atom. The van der Waals surface area contributed by atoms with Crippen LogP contribution in [0.4, 0.5) is 0 Å². The maximum Gasteiger partial charge on any atom is 0.203 e. The van der Waals surface area contributed by atoms with Gasteiger partial charge in [-0.15, -0.1) is 12.4 Å². The molecule has 0 bridgehead atoms. The summed E-state index contributed by atoms with van der Waals surface area (Å²) in [5.41, 5.74) is 7.07. The molecule has 2 unspecified atom stereocenters. The minimum atomic E-state index is 0. The molecule has 6 heteroatoms. The molecule has 0 aliphatic carbocycles. The second-order valence-corrected chi connectivity index (χ2v) is 5.98. The zero-order valence-corrected chi connectivity index (χ0v) is 15.3. The Morgan fingerprint density at radius 2 is 1.83 bits per heavy atom. The van der Waals surface area contributed by atoms with Crippen LogP contribution in [0.5, 0.6) is 17.2 Å². The van der Waals surface area contributed by atoms with E-state index >= 15 is 0 Å². The maximum atomic E-state index is 5.96. The summed E-state index contributed by atoms with van der Waals surface area (Å²) in [6.07, 6.45) is 2.37. The third-order valence-corrected chi connectivity index (χ3v) is 4.53. The van der Waals surface area contributed by atoms with Gasteiger partial charge in [-0.05, 0) is 31.4 Å². The van der Waals surface area contributed by atoms with Crippen molar-refractivity contribution < 1.29 is 14.2 Å². The Kier molecular flexibility index (Phi) is 7.95. The Morgan fingerprint density at radius 1 is 1.13 bits per heavy atom. The molecule has 1 heterocycles. The van der Waals surface area contributed by atoms with Crippen LogP contribution in [0.2, 0.25) is 0 Å². The van der Waals surface area contributed by atoms with Crippen molar-refractivity contribution in [1.82, 2.24) is 4.90 Å². The molecule has 2 rings (SSSR count). The number of methoxy groups -OCH3 is 3. The minimum Gasteiger partial charge on any atom is -0.493 e. The Balaban J connectivity index is 0.00000264. The summed E-state index contributed by atoms with van der Waals surface area (Å²) in [7, 11) is 4.93. The van der Waals surface area contributed by atoms with Gasteiger partial charge in [0.15, 0.2) is 11.5 Å². The Hall–Kier alpha value is -1.17. The average molecular weight is 345 g/mol. The average Bonchev–Trinajstić information content (AvgIpc) is 2.55. The third-order valence-electron chi connectivity index (χ3n) is 4.53. The quantitative estimate of drug-likeness (QED) is 0.859. The molecule has 2 atom stereocenters. The van der Waals surface area contributed by atoms with Crippen LogP contribution in [0.3, 0.4) is 0 Å². The molecule has 1 aliphatic heterocycles. The zero-order valence-electron chi connectivity index (χ0n) is 14.5. The van der Waals surface area contributed by atoms with Crippen molar-refractivity contribution >= 4 is 12.4 Å². The second kappa shape index (κ2) is 9.21. The van der Waals surface area contributed by atoms with Gasteiger partial charge in [-0.3, -0.25) is 4.90 Å². The van der Waals surface area contributed by atoms with Crippen molar-refractivity contribution in [2.24, 2.45) is 11.7 Å². The second-order valence-electron chi connectivity index (χ2n) is 5.98. The third kappa shape index (κ3) is 4.43. The summed E-state index contributed by atoms with van der Waals surface area (Å²) in [5.74, 6) is 2.83. The first-order valence-electron chi connectivity index (χ1n) is 7.86. The van der Waals surface area contributed by atoms with E-state index in [1.165, 1.54) is 6.42 Å². The number of halogens is 1. The lowest BCUT2D eigenvalue weighted by molar-refractivity contribution is 0.114. The van der Waals surface area contributed by atoms with Crippen LogP contribution in [0, 0.1) is 5.92 Å². The van der Waals surface area contributed by atoms with Crippen molar-refractivity contribution in [3.63, 3.8) is 0 Å². The predicted octanol–water partition coefficient (Wildman–Crippen LogP) is 2.69. The maximum absolute atomic E-state index is 5.96. The van der Waals surface area contributed by atoms with Gasteiger partial charge >= 0.3 is 0 Å². The topological polar surface area (TPSA) is 57.0 Å². The molecule has 23 heavy (non-hydrogen) atoms. The standard InChI is InChI=1S/C17H28N2O3.ClH/c1-12-7-8-19(14(9-12)10-18)11-13-5-6-15(20-2)17(22-4)16(13)21-3;/h5-6,12,14H,7-11,18H2,1-4H3;1H. The van der Waals surface area contributed by atoms with E-state index in [0.29, 0.717) is 24.1 Å². The highest BCUT2D eigenvalue weighted by Gasteiger charge is 2.27. The minimum absolute atomic E-state index is 0. The molecule has 132 valence electrons. The fourth-order valence-corrected chi connectivity index (χ4v) is 3.26. The first-order valence-corrected chi connectivity index (χ1v) is 7.86. The van der Waals surface area contributed by atoms with Gasteiger partial charge in [-0.1, -0.05) is 13.0 Å². The van der Waals surface area contributed by atoms with Crippen molar-refractivity contribution in [1.29, 1.82) is 0 Å². The molecule has 0 radical (unpaired) electrons. The molecule has 0 spiro atoms. The van der Waals surface area contributed by atoms with E-state index in [4.69, 9.17) is 19.9 Å². The van der Waals surface area contributed by atoms with E-state index in [1.807, 2.05) is 12.1 Å². The fourth-order valence-electron chi connectivity index (χ4n) is 3.26. The normalized spacial score (nSPS) is 21.4. The summed E-state index contributed by atoms with van der Waals surface area (Å²) in [4.78, 5) is 2.45. The highest BCUT2D eigenvalue weighted by Crippen LogP contribution is 2.40. The van der Waals surface area contributed by atoms with Gasteiger partial charge in [0.1, 0.15) is 0 Å². The molecule has 0 saturated carbocycles. The van der Waals surface area contributed by atoms with Gasteiger partial charge in [-0.25, -0.2) is 0 Å². The Labute approximate surface area is 145 Å². The number of nitrogens with zero attached hydrogens (tertiary/aromatic N) is 1. The number of likely N-dealkylation sites (tertiary alicyclic amines) is 1. The predicted molar refractivity (Wildman–Crippen MR) is 95.0 cm³/mol. The molecule has 2 N–H and O–H groups in total. The van der Waals surface area contributed by atoms with Gasteiger partial charge in [0.2, 0.25) is 5.75 Å². The number of piperidine rings is 1. The summed E-state index contributed by atoms with van der Waals surface area (Å²) in [6.45, 7) is 4.88. The molecule has 5 nitrogen and oxygen atoms in total. The van der Waals surface area contributed by atoms with E-state index < -0.39 is 0 Å². The molecule has 1 fully saturated rings. The van der Waals surface area contributed by atoms with Crippen LogP contribution >= 0.6 is 12.4 Å². The summed E-state index contributed by atoms with van der Waals surface area (Å²) >= 11 is 0. The van der Waals surface area contributed by atoms with Gasteiger partial charge < -0.3 is 19.9 Å². The number of benzene rings is 1. The van der Waals surface area contributed by atoms with E-state index in [2.05, 4.69) is 11.8 Å². The summed E-state index contributed by atoms with van der Waals surface area (Å²) in [5, 5.41) is 0. The molecule has 1 saturated heterocycles. The van der Waals surface area contributed by atoms with Crippen LogP contribution in [-0.4, -0.2) is 45.4 Å². The smallest absolute Gasteiger partial charge is 0.203 e. The first-order chi connectivity index (χ1) is 10.6. The lowest BCUT2D eigenvalue weighted by atomic mass is 9.92. The SMILES string of the molecule is COc1ccc(CN2CCC(C)CC2CN)c(OC)c1OC.Cl. The van der Waals surface area contributed by atoms with Gasteiger partial charge in [0.25, 0.3) is 0 Å². The molecule has 1 aromatic rings. The molecule has 1 aliphatic rings. The first kappa shape index (κ1) is 19.9. The highest BCUT2D eigenvalue weighted by atomic mass is 35.5. The summed E-state index contributed by atoms with van der Waals surface area (Å²) < 4.78 is 16.4. The van der Waals surface area contributed by atoms with Crippen LogP contribution in [0.25, 0.3) is 0 Å². The Bertz CT molecular complexity index is 499. The van der Waals surface area contributed by atoms with Crippen LogP contribution in [0.15, 0.2) is 12.1 Å². The van der Waals surface area contributed by atoms with Gasteiger partial charge in [0, 0.05) is 24.7 Å². The van der Waals surface area contributed by atoms with Crippen molar-refractivity contribution in [3.05, 3.63) is 17.7 Å². The lowest BCUT2D eigenvalue weighted by Crippen LogP contribution is -2.45. The van der Waals surface area contributed by atoms with E-state index in [9.17, 15) is 0 Å². The monoisotopic (exact) mass is 344 g/mol. The molecule has 0 aromatic heterocycles. The van der Waals surface area contributed by atoms with Crippen LogP contribution in [-0.2, 0) is 6.54 Å². The van der Waals surface area contributed by atoms with Crippen LogP contribution in [0.1, 0.15) is 25.3 Å². The largest absolute Gasteiger partial charge is 0.493 e. The number of rotatable bonds is 6. The van der Waals surface area contributed by atoms with Crippen molar-refractivity contribution in [3.8, 4) is 17.2 Å². The van der Waals surface area contributed by atoms with E-state index in [-0.39, 0.29) is 12.4 Å². The number of hydrogen-bond acceptors (Lipinski definition) is 5. The van der Waals surface area contributed by atoms with Crippen LogP contribution < -0.4 is 19.9 Å². The fraction of sp³-hybridized carbons (Fsp3) is 0.647. The summed E-state index contributed by atoms with van der Waals surface area (Å²) in [6, 6.07) is 4.41. The number of ether oxygens (including phenoxy) is 3. The molecule has 0 amide bonds. The molecular weight excluding hydrogens is 316 g/mol. The zero-order chi connectivity index (χ0) is 16.1. The van der Waals surface area contributed by atoms with E-state index in [1.54, 1.807) is 21.3 Å². The van der Waals surface area contributed by atoms with Gasteiger partial charge in [-0.2, -0.15) is 0 Å². The van der Waals surface area contributed by atoms with Gasteiger partial charge in [0.05, 0.1) is 21.3 Å². The lowest BCUT2D eigenvalue weighted by Gasteiger charge is -2.38. The van der Waals surface area contributed by atoms with Crippen molar-refractivity contribution in [2.75, 3.05) is 34.4 Å².